The highest BCUT2D eigenvalue weighted by Gasteiger charge is 2.38. The molecule has 3 atom stereocenters. The second-order valence-electron chi connectivity index (χ2n) is 8.45. The monoisotopic (exact) mass is 359 g/mol. The molecular formula is C21H33N3O2. The maximum Gasteiger partial charge on any atom is 0.253 e. The number of morpholine rings is 1. The van der Waals surface area contributed by atoms with Gasteiger partial charge in [0.2, 0.25) is 0 Å². The van der Waals surface area contributed by atoms with Crippen LogP contribution in [0.25, 0.3) is 0 Å². The zero-order chi connectivity index (χ0) is 18.7. The highest BCUT2D eigenvalue weighted by molar-refractivity contribution is 5.99. The number of rotatable bonds is 6. The van der Waals surface area contributed by atoms with Crippen molar-refractivity contribution in [2.45, 2.75) is 52.3 Å². The first-order valence-corrected chi connectivity index (χ1v) is 9.93. The van der Waals surface area contributed by atoms with Crippen molar-refractivity contribution in [1.29, 1.82) is 0 Å². The van der Waals surface area contributed by atoms with Crippen LogP contribution in [0.2, 0.25) is 0 Å². The predicted molar refractivity (Wildman–Crippen MR) is 106 cm³/mol. The van der Waals surface area contributed by atoms with Crippen LogP contribution < -0.4 is 10.6 Å². The minimum Gasteiger partial charge on any atom is -0.384 e. The highest BCUT2D eigenvalue weighted by atomic mass is 16.5. The molecule has 2 N–H and O–H groups in total. The van der Waals surface area contributed by atoms with Gasteiger partial charge in [0.25, 0.3) is 5.91 Å². The summed E-state index contributed by atoms with van der Waals surface area (Å²) in [7, 11) is 0. The highest BCUT2D eigenvalue weighted by Crippen LogP contribution is 2.26. The van der Waals surface area contributed by atoms with E-state index in [1.165, 1.54) is 0 Å². The summed E-state index contributed by atoms with van der Waals surface area (Å²) in [6.07, 6.45) is 1.28. The van der Waals surface area contributed by atoms with Gasteiger partial charge in [0.05, 0.1) is 18.3 Å². The molecular weight excluding hydrogens is 326 g/mol. The third-order valence-electron chi connectivity index (χ3n) is 5.40. The fraction of sp³-hybridized carbons (Fsp3) is 0.667. The summed E-state index contributed by atoms with van der Waals surface area (Å²) in [5.74, 6) is 1.08. The summed E-state index contributed by atoms with van der Waals surface area (Å²) < 4.78 is 6.00. The number of nitrogens with zero attached hydrogens (tertiary/aromatic N) is 1. The summed E-state index contributed by atoms with van der Waals surface area (Å²) in [5, 5.41) is 6.64. The first kappa shape index (κ1) is 19.2. The molecule has 3 rings (SSSR count). The number of para-hydroxylation sites is 1. The van der Waals surface area contributed by atoms with Crippen molar-refractivity contribution in [1.82, 2.24) is 10.2 Å². The maximum atomic E-state index is 12.8. The van der Waals surface area contributed by atoms with Gasteiger partial charge < -0.3 is 15.4 Å². The number of carbonyl (C=O) groups is 1. The molecule has 2 aliphatic heterocycles. The van der Waals surface area contributed by atoms with E-state index in [4.69, 9.17) is 4.74 Å². The van der Waals surface area contributed by atoms with E-state index in [1.54, 1.807) is 0 Å². The first-order valence-electron chi connectivity index (χ1n) is 9.93. The zero-order valence-electron chi connectivity index (χ0n) is 16.5. The predicted octanol–water partition coefficient (Wildman–Crippen LogP) is 2.98. The third-order valence-corrected chi connectivity index (χ3v) is 5.40. The molecule has 1 aromatic carbocycles. The summed E-state index contributed by atoms with van der Waals surface area (Å²) in [6.45, 7) is 12.3. The fourth-order valence-corrected chi connectivity index (χ4v) is 3.82. The number of benzene rings is 1. The van der Waals surface area contributed by atoms with Crippen molar-refractivity contribution in [3.63, 3.8) is 0 Å². The van der Waals surface area contributed by atoms with Crippen molar-refractivity contribution < 1.29 is 9.53 Å². The van der Waals surface area contributed by atoms with Gasteiger partial charge >= 0.3 is 0 Å². The van der Waals surface area contributed by atoms with E-state index in [0.717, 1.165) is 43.9 Å². The van der Waals surface area contributed by atoms with Crippen molar-refractivity contribution >= 4 is 11.6 Å². The Bertz CT molecular complexity index is 617. The SMILES string of the molecule is CC(C)CNc1ccccc1C(=O)N[C@@H]1C[C@H]2CO[C@@H](C(C)C)CN2C1. The Kier molecular flexibility index (Phi) is 6.20. The Balaban J connectivity index is 1.59. The molecule has 5 nitrogen and oxygen atoms in total. The van der Waals surface area contributed by atoms with E-state index in [2.05, 4.69) is 43.2 Å². The Morgan fingerprint density at radius 2 is 2.00 bits per heavy atom. The molecule has 26 heavy (non-hydrogen) atoms. The Morgan fingerprint density at radius 3 is 2.73 bits per heavy atom. The van der Waals surface area contributed by atoms with Crippen molar-refractivity contribution in [3.8, 4) is 0 Å². The average molecular weight is 360 g/mol. The topological polar surface area (TPSA) is 53.6 Å². The number of ether oxygens (including phenoxy) is 1. The van der Waals surface area contributed by atoms with Crippen LogP contribution in [0.5, 0.6) is 0 Å². The minimum absolute atomic E-state index is 0.0167. The number of hydrogen-bond donors (Lipinski definition) is 2. The van der Waals surface area contributed by atoms with Gasteiger partial charge in [0, 0.05) is 37.4 Å². The molecule has 2 fully saturated rings. The number of amides is 1. The molecule has 0 aromatic heterocycles. The normalized spacial score (nSPS) is 26.2. The van der Waals surface area contributed by atoms with E-state index in [9.17, 15) is 4.79 Å². The molecule has 2 heterocycles. The number of carbonyl (C=O) groups excluding carboxylic acids is 1. The summed E-state index contributed by atoms with van der Waals surface area (Å²) >= 11 is 0. The molecule has 0 unspecified atom stereocenters. The van der Waals surface area contributed by atoms with E-state index < -0.39 is 0 Å². The molecule has 0 bridgehead atoms. The van der Waals surface area contributed by atoms with Crippen LogP contribution in [0.15, 0.2) is 24.3 Å². The van der Waals surface area contributed by atoms with E-state index >= 15 is 0 Å². The molecule has 2 saturated heterocycles. The van der Waals surface area contributed by atoms with Crippen LogP contribution in [0.1, 0.15) is 44.5 Å². The summed E-state index contributed by atoms with van der Waals surface area (Å²) in [6, 6.07) is 8.41. The number of fused-ring (bicyclic) bond motifs is 1. The molecule has 0 aliphatic carbocycles. The maximum absolute atomic E-state index is 12.8. The van der Waals surface area contributed by atoms with Crippen LogP contribution in [-0.2, 0) is 4.74 Å². The van der Waals surface area contributed by atoms with Gasteiger partial charge in [-0.3, -0.25) is 9.69 Å². The lowest BCUT2D eigenvalue weighted by atomic mass is 10.0. The first-order chi connectivity index (χ1) is 12.4. The van der Waals surface area contributed by atoms with Crippen molar-refractivity contribution in [2.75, 3.05) is 31.6 Å². The number of anilines is 1. The molecule has 0 spiro atoms. The number of nitrogens with one attached hydrogen (secondary N) is 2. The standard InChI is InChI=1S/C21H33N3O2/c1-14(2)10-22-19-8-6-5-7-18(19)21(25)23-16-9-17-13-26-20(15(3)4)12-24(17)11-16/h5-8,14-17,20,22H,9-13H2,1-4H3,(H,23,25)/t16-,17+,20-/m1/s1. The second kappa shape index (κ2) is 8.40. The fourth-order valence-electron chi connectivity index (χ4n) is 3.82. The van der Waals surface area contributed by atoms with Crippen LogP contribution >= 0.6 is 0 Å². The molecule has 1 aromatic rings. The molecule has 0 saturated carbocycles. The lowest BCUT2D eigenvalue weighted by Crippen LogP contribution is -2.48. The Labute approximate surface area is 157 Å². The molecule has 5 heteroatoms. The van der Waals surface area contributed by atoms with Gasteiger partial charge in [0.15, 0.2) is 0 Å². The summed E-state index contributed by atoms with van der Waals surface area (Å²) in [4.78, 5) is 15.3. The summed E-state index contributed by atoms with van der Waals surface area (Å²) in [5.41, 5.74) is 1.65. The quantitative estimate of drug-likeness (QED) is 0.820. The smallest absolute Gasteiger partial charge is 0.253 e. The number of hydrogen-bond acceptors (Lipinski definition) is 4. The molecule has 0 radical (unpaired) electrons. The van der Waals surface area contributed by atoms with Gasteiger partial charge in [-0.05, 0) is 30.4 Å². The van der Waals surface area contributed by atoms with Gasteiger partial charge in [-0.1, -0.05) is 39.8 Å². The van der Waals surface area contributed by atoms with E-state index in [0.29, 0.717) is 24.0 Å². The lowest BCUT2D eigenvalue weighted by molar-refractivity contribution is -0.0683. The van der Waals surface area contributed by atoms with Crippen LogP contribution in [0.4, 0.5) is 5.69 Å². The second-order valence-corrected chi connectivity index (χ2v) is 8.45. The van der Waals surface area contributed by atoms with Crippen molar-refractivity contribution in [2.24, 2.45) is 11.8 Å². The largest absolute Gasteiger partial charge is 0.384 e. The van der Waals surface area contributed by atoms with Crippen LogP contribution in [0, 0.1) is 11.8 Å². The van der Waals surface area contributed by atoms with Gasteiger partial charge in [-0.25, -0.2) is 0 Å². The lowest BCUT2D eigenvalue weighted by Gasteiger charge is -2.36. The zero-order valence-corrected chi connectivity index (χ0v) is 16.5. The average Bonchev–Trinajstić information content (AvgIpc) is 3.01. The van der Waals surface area contributed by atoms with Gasteiger partial charge in [0.1, 0.15) is 0 Å². The molecule has 1 amide bonds. The van der Waals surface area contributed by atoms with Gasteiger partial charge in [-0.15, -0.1) is 0 Å². The van der Waals surface area contributed by atoms with Crippen LogP contribution in [-0.4, -0.2) is 55.2 Å². The minimum atomic E-state index is 0.0167. The molecule has 144 valence electrons. The van der Waals surface area contributed by atoms with Crippen molar-refractivity contribution in [3.05, 3.63) is 29.8 Å². The molecule has 2 aliphatic rings. The van der Waals surface area contributed by atoms with Crippen LogP contribution in [0.3, 0.4) is 0 Å². The Morgan fingerprint density at radius 1 is 1.23 bits per heavy atom. The van der Waals surface area contributed by atoms with E-state index in [1.807, 2.05) is 24.3 Å². The van der Waals surface area contributed by atoms with E-state index in [-0.39, 0.29) is 11.9 Å². The third kappa shape index (κ3) is 4.57. The Hall–Kier alpha value is -1.59. The van der Waals surface area contributed by atoms with Gasteiger partial charge in [-0.2, -0.15) is 0 Å².